The highest BCUT2D eigenvalue weighted by molar-refractivity contribution is 5.85. The first-order valence-electron chi connectivity index (χ1n) is 6.84. The molecule has 0 radical (unpaired) electrons. The molecule has 0 bridgehead atoms. The van der Waals surface area contributed by atoms with E-state index in [-0.39, 0.29) is 12.4 Å². The second-order valence-electron chi connectivity index (χ2n) is 5.55. The van der Waals surface area contributed by atoms with Gasteiger partial charge in [0.05, 0.1) is 0 Å². The molecular weight excluding hydrogens is 244 g/mol. The maximum atomic E-state index is 3.54. The molecule has 0 spiro atoms. The van der Waals surface area contributed by atoms with Crippen LogP contribution < -0.4 is 5.32 Å². The highest BCUT2D eigenvalue weighted by Crippen LogP contribution is 2.31. The van der Waals surface area contributed by atoms with Crippen molar-refractivity contribution in [3.8, 4) is 0 Å². The molecule has 2 nitrogen and oxygen atoms in total. The Hall–Kier alpha value is -0.570. The maximum absolute atomic E-state index is 3.54. The van der Waals surface area contributed by atoms with Gasteiger partial charge < -0.3 is 5.32 Å². The fourth-order valence-electron chi connectivity index (χ4n) is 3.36. The van der Waals surface area contributed by atoms with Gasteiger partial charge in [0.2, 0.25) is 0 Å². The van der Waals surface area contributed by atoms with Crippen LogP contribution in [0.2, 0.25) is 0 Å². The second-order valence-corrected chi connectivity index (χ2v) is 5.55. The molecule has 18 heavy (non-hydrogen) atoms. The predicted molar refractivity (Wildman–Crippen MR) is 78.1 cm³/mol. The molecule has 2 aliphatic rings. The largest absolute Gasteiger partial charge is 0.316 e. The summed E-state index contributed by atoms with van der Waals surface area (Å²) in [6.07, 6.45) is 1.37. The molecule has 0 aromatic heterocycles. The van der Waals surface area contributed by atoms with Gasteiger partial charge in [-0.15, -0.1) is 12.4 Å². The normalized spacial score (nSPS) is 29.4. The summed E-state index contributed by atoms with van der Waals surface area (Å²) >= 11 is 0. The third-order valence-electron chi connectivity index (χ3n) is 4.57. The number of hydrogen-bond donors (Lipinski definition) is 1. The lowest BCUT2D eigenvalue weighted by Crippen LogP contribution is -2.41. The van der Waals surface area contributed by atoms with E-state index in [0.29, 0.717) is 6.04 Å². The molecule has 0 aliphatic carbocycles. The minimum absolute atomic E-state index is 0. The summed E-state index contributed by atoms with van der Waals surface area (Å²) in [5, 5.41) is 3.54. The quantitative estimate of drug-likeness (QED) is 0.886. The van der Waals surface area contributed by atoms with E-state index in [1.807, 2.05) is 0 Å². The van der Waals surface area contributed by atoms with Crippen molar-refractivity contribution in [1.29, 1.82) is 0 Å². The highest BCUT2D eigenvalue weighted by atomic mass is 35.5. The third kappa shape index (κ3) is 2.71. The number of hydrogen-bond acceptors (Lipinski definition) is 2. The van der Waals surface area contributed by atoms with Crippen molar-refractivity contribution in [3.05, 3.63) is 35.9 Å². The summed E-state index contributed by atoms with van der Waals surface area (Å²) in [6.45, 7) is 7.35. The molecule has 100 valence electrons. The average Bonchev–Trinajstić information content (AvgIpc) is 2.86. The molecule has 1 N–H and O–H groups in total. The van der Waals surface area contributed by atoms with E-state index in [1.54, 1.807) is 0 Å². The number of nitrogens with zero attached hydrogens (tertiary/aromatic N) is 1. The van der Waals surface area contributed by atoms with Crippen LogP contribution >= 0.6 is 12.4 Å². The molecule has 0 saturated carbocycles. The van der Waals surface area contributed by atoms with Gasteiger partial charge in [-0.2, -0.15) is 0 Å². The minimum atomic E-state index is 0. The Bertz CT molecular complexity index is 368. The maximum Gasteiger partial charge on any atom is 0.0320 e. The van der Waals surface area contributed by atoms with Crippen molar-refractivity contribution < 1.29 is 0 Å². The number of benzene rings is 1. The zero-order valence-electron chi connectivity index (χ0n) is 11.0. The van der Waals surface area contributed by atoms with Crippen molar-refractivity contribution in [3.63, 3.8) is 0 Å². The minimum Gasteiger partial charge on any atom is -0.316 e. The van der Waals surface area contributed by atoms with Crippen LogP contribution in [0.4, 0.5) is 0 Å². The Labute approximate surface area is 116 Å². The standard InChI is InChI=1S/C15H22N2.ClH/c1-12(13-5-3-2-4-6-13)17-8-7-14-9-16-10-15(14)11-17;/h2-6,12,14-16H,7-11H2,1H3;1H. The van der Waals surface area contributed by atoms with Crippen molar-refractivity contribution in [2.24, 2.45) is 11.8 Å². The van der Waals surface area contributed by atoms with Gasteiger partial charge in [-0.05, 0) is 50.4 Å². The van der Waals surface area contributed by atoms with E-state index in [4.69, 9.17) is 0 Å². The Balaban J connectivity index is 0.00000120. The zero-order chi connectivity index (χ0) is 11.7. The summed E-state index contributed by atoms with van der Waals surface area (Å²) in [5.41, 5.74) is 1.46. The van der Waals surface area contributed by atoms with Crippen LogP contribution in [-0.4, -0.2) is 31.1 Å². The fraction of sp³-hybridized carbons (Fsp3) is 0.600. The van der Waals surface area contributed by atoms with Crippen LogP contribution in [0.25, 0.3) is 0 Å². The van der Waals surface area contributed by atoms with E-state index in [1.165, 1.54) is 38.2 Å². The first-order valence-corrected chi connectivity index (χ1v) is 6.84. The molecule has 1 aromatic carbocycles. The van der Waals surface area contributed by atoms with Crippen LogP contribution in [0.5, 0.6) is 0 Å². The van der Waals surface area contributed by atoms with Crippen LogP contribution in [-0.2, 0) is 0 Å². The number of nitrogens with one attached hydrogen (secondary N) is 1. The number of rotatable bonds is 2. The Morgan fingerprint density at radius 3 is 2.67 bits per heavy atom. The first kappa shape index (κ1) is 13.9. The topological polar surface area (TPSA) is 15.3 Å². The van der Waals surface area contributed by atoms with Gasteiger partial charge in [-0.25, -0.2) is 0 Å². The molecule has 3 unspecified atom stereocenters. The summed E-state index contributed by atoms with van der Waals surface area (Å²) in [4.78, 5) is 2.66. The average molecular weight is 267 g/mol. The zero-order valence-corrected chi connectivity index (χ0v) is 11.8. The molecule has 2 fully saturated rings. The number of halogens is 1. The van der Waals surface area contributed by atoms with Gasteiger partial charge in [0.15, 0.2) is 0 Å². The second kappa shape index (κ2) is 6.05. The van der Waals surface area contributed by atoms with Crippen LogP contribution in [0.3, 0.4) is 0 Å². The smallest absolute Gasteiger partial charge is 0.0320 e. The van der Waals surface area contributed by atoms with Crippen LogP contribution in [0, 0.1) is 11.8 Å². The molecular formula is C15H23ClN2. The van der Waals surface area contributed by atoms with Crippen LogP contribution in [0.15, 0.2) is 30.3 Å². The molecule has 1 aromatic rings. The van der Waals surface area contributed by atoms with Gasteiger partial charge in [0.25, 0.3) is 0 Å². The van der Waals surface area contributed by atoms with E-state index in [2.05, 4.69) is 47.5 Å². The number of piperidine rings is 1. The molecule has 3 heteroatoms. The van der Waals surface area contributed by atoms with Gasteiger partial charge in [-0.1, -0.05) is 30.3 Å². The van der Waals surface area contributed by atoms with Crippen molar-refractivity contribution in [2.75, 3.05) is 26.2 Å². The summed E-state index contributed by atoms with van der Waals surface area (Å²) in [7, 11) is 0. The van der Waals surface area contributed by atoms with Crippen molar-refractivity contribution >= 4 is 12.4 Å². The predicted octanol–water partition coefficient (Wildman–Crippen LogP) is 2.71. The lowest BCUT2D eigenvalue weighted by Gasteiger charge is -2.38. The van der Waals surface area contributed by atoms with E-state index in [0.717, 1.165) is 11.8 Å². The van der Waals surface area contributed by atoms with Gasteiger partial charge in [0, 0.05) is 12.6 Å². The van der Waals surface area contributed by atoms with Crippen molar-refractivity contribution in [1.82, 2.24) is 10.2 Å². The van der Waals surface area contributed by atoms with E-state index < -0.39 is 0 Å². The van der Waals surface area contributed by atoms with Gasteiger partial charge in [0.1, 0.15) is 0 Å². The monoisotopic (exact) mass is 266 g/mol. The number of fused-ring (bicyclic) bond motifs is 1. The molecule has 2 heterocycles. The molecule has 3 atom stereocenters. The lowest BCUT2D eigenvalue weighted by molar-refractivity contribution is 0.111. The highest BCUT2D eigenvalue weighted by Gasteiger charge is 2.34. The first-order chi connectivity index (χ1) is 8.34. The van der Waals surface area contributed by atoms with Gasteiger partial charge in [-0.3, -0.25) is 4.90 Å². The Kier molecular flexibility index (Phi) is 4.66. The summed E-state index contributed by atoms with van der Waals surface area (Å²) in [5.74, 6) is 1.82. The Morgan fingerprint density at radius 1 is 1.17 bits per heavy atom. The van der Waals surface area contributed by atoms with E-state index >= 15 is 0 Å². The third-order valence-corrected chi connectivity index (χ3v) is 4.57. The molecule has 2 saturated heterocycles. The summed E-state index contributed by atoms with van der Waals surface area (Å²) in [6, 6.07) is 11.5. The van der Waals surface area contributed by atoms with Crippen molar-refractivity contribution in [2.45, 2.75) is 19.4 Å². The molecule has 3 rings (SSSR count). The number of likely N-dealkylation sites (tertiary alicyclic amines) is 1. The summed E-state index contributed by atoms with van der Waals surface area (Å²) < 4.78 is 0. The van der Waals surface area contributed by atoms with E-state index in [9.17, 15) is 0 Å². The van der Waals surface area contributed by atoms with Crippen LogP contribution in [0.1, 0.15) is 24.9 Å². The molecule has 0 amide bonds. The SMILES string of the molecule is CC(c1ccccc1)N1CCC2CNCC2C1.Cl. The lowest BCUT2D eigenvalue weighted by atomic mass is 9.87. The Morgan fingerprint density at radius 2 is 1.89 bits per heavy atom. The molecule has 2 aliphatic heterocycles. The fourth-order valence-corrected chi connectivity index (χ4v) is 3.36. The van der Waals surface area contributed by atoms with Gasteiger partial charge >= 0.3 is 0 Å².